The summed E-state index contributed by atoms with van der Waals surface area (Å²) in [5.74, 6) is 0.888. The Hall–Kier alpha value is -2.70. The van der Waals surface area contributed by atoms with Crippen LogP contribution in [0, 0.1) is 0 Å². The molecule has 0 atom stereocenters. The fourth-order valence-electron chi connectivity index (χ4n) is 3.09. The fourth-order valence-corrected chi connectivity index (χ4v) is 3.86. The molecule has 4 rings (SSSR count). The highest BCUT2D eigenvalue weighted by Crippen LogP contribution is 2.24. The van der Waals surface area contributed by atoms with E-state index in [9.17, 15) is 4.79 Å². The van der Waals surface area contributed by atoms with Gasteiger partial charge < -0.3 is 9.32 Å². The second-order valence-corrected chi connectivity index (χ2v) is 7.32. The molecule has 1 fully saturated rings. The Morgan fingerprint density at radius 1 is 1.11 bits per heavy atom. The molecule has 0 unspecified atom stereocenters. The molecule has 0 spiro atoms. The molecule has 1 amide bonds. The maximum absolute atomic E-state index is 12.4. The predicted octanol–water partition coefficient (Wildman–Crippen LogP) is 3.76. The van der Waals surface area contributed by atoms with Gasteiger partial charge in [-0.25, -0.2) is 4.98 Å². The molecule has 0 saturated carbocycles. The van der Waals surface area contributed by atoms with Crippen LogP contribution in [-0.4, -0.2) is 46.9 Å². The van der Waals surface area contributed by atoms with Gasteiger partial charge in [-0.05, 0) is 23.8 Å². The third-order valence-electron chi connectivity index (χ3n) is 4.57. The van der Waals surface area contributed by atoms with Gasteiger partial charge in [0.05, 0.1) is 12.0 Å². The lowest BCUT2D eigenvalue weighted by Gasteiger charge is -2.33. The maximum Gasteiger partial charge on any atom is 0.246 e. The summed E-state index contributed by atoms with van der Waals surface area (Å²) in [5, 5.41) is 2.99. The number of nitrogens with zero attached hydrogens (tertiary/aromatic N) is 3. The first-order chi connectivity index (χ1) is 13.3. The van der Waals surface area contributed by atoms with Crippen LogP contribution in [0.2, 0.25) is 0 Å². The Balaban J connectivity index is 1.28. The lowest BCUT2D eigenvalue weighted by Crippen LogP contribution is -2.47. The number of furan rings is 1. The summed E-state index contributed by atoms with van der Waals surface area (Å²) < 4.78 is 5.40. The van der Waals surface area contributed by atoms with E-state index >= 15 is 0 Å². The third kappa shape index (κ3) is 4.53. The molecule has 2 aromatic heterocycles. The zero-order valence-corrected chi connectivity index (χ0v) is 15.8. The molecule has 0 radical (unpaired) electrons. The number of thiazole rings is 1. The summed E-state index contributed by atoms with van der Waals surface area (Å²) in [7, 11) is 0. The zero-order chi connectivity index (χ0) is 18.5. The summed E-state index contributed by atoms with van der Waals surface area (Å²) in [4.78, 5) is 21.3. The largest absolute Gasteiger partial charge is 0.462 e. The minimum atomic E-state index is 0.0762. The van der Waals surface area contributed by atoms with Crippen molar-refractivity contribution in [1.29, 1.82) is 0 Å². The second kappa shape index (κ2) is 8.33. The number of rotatable bonds is 5. The van der Waals surface area contributed by atoms with Gasteiger partial charge in [-0.2, -0.15) is 0 Å². The van der Waals surface area contributed by atoms with Crippen molar-refractivity contribution in [2.24, 2.45) is 0 Å². The van der Waals surface area contributed by atoms with E-state index in [1.165, 1.54) is 0 Å². The number of carbonyl (C=O) groups is 1. The van der Waals surface area contributed by atoms with Crippen molar-refractivity contribution < 1.29 is 9.21 Å². The molecule has 1 aliphatic heterocycles. The molecule has 27 heavy (non-hydrogen) atoms. The van der Waals surface area contributed by atoms with Crippen molar-refractivity contribution in [3.63, 3.8) is 0 Å². The van der Waals surface area contributed by atoms with Crippen LogP contribution in [0.15, 0.2) is 64.6 Å². The molecule has 0 N–H and O–H groups in total. The van der Waals surface area contributed by atoms with Crippen LogP contribution >= 0.6 is 11.3 Å². The van der Waals surface area contributed by atoms with Crippen LogP contribution in [0.25, 0.3) is 16.8 Å². The highest BCUT2D eigenvalue weighted by Gasteiger charge is 2.20. The van der Waals surface area contributed by atoms with Crippen molar-refractivity contribution in [1.82, 2.24) is 14.8 Å². The van der Waals surface area contributed by atoms with Gasteiger partial charge >= 0.3 is 0 Å². The summed E-state index contributed by atoms with van der Waals surface area (Å²) in [6.45, 7) is 4.01. The highest BCUT2D eigenvalue weighted by atomic mass is 32.1. The summed E-state index contributed by atoms with van der Waals surface area (Å²) in [6, 6.07) is 13.7. The summed E-state index contributed by atoms with van der Waals surface area (Å²) in [6.07, 6.45) is 5.21. The fraction of sp³-hybridized carbons (Fsp3) is 0.238. The van der Waals surface area contributed by atoms with E-state index in [0.29, 0.717) is 0 Å². The molecular weight excluding hydrogens is 358 g/mol. The number of piperazine rings is 1. The Labute approximate surface area is 162 Å². The van der Waals surface area contributed by atoms with Crippen LogP contribution in [-0.2, 0) is 11.3 Å². The molecular formula is C21H21N3O2S. The Kier molecular flexibility index (Phi) is 5.46. The third-order valence-corrected chi connectivity index (χ3v) is 5.48. The molecule has 1 aromatic carbocycles. The van der Waals surface area contributed by atoms with Gasteiger partial charge in [-0.1, -0.05) is 30.3 Å². The standard InChI is InChI=1S/C21H21N3O2S/c25-20(9-8-17-5-2-1-3-6-17)24-12-10-23(11-13-24)15-18-16-27-21(22-18)19-7-4-14-26-19/h1-9,14,16H,10-13,15H2. The molecule has 138 valence electrons. The molecule has 3 heterocycles. The molecule has 3 aromatic rings. The number of aromatic nitrogens is 1. The van der Waals surface area contributed by atoms with E-state index < -0.39 is 0 Å². The molecule has 0 bridgehead atoms. The van der Waals surface area contributed by atoms with Crippen molar-refractivity contribution >= 4 is 23.3 Å². The summed E-state index contributed by atoms with van der Waals surface area (Å²) in [5.41, 5.74) is 2.09. The van der Waals surface area contributed by atoms with Gasteiger partial charge in [0, 0.05) is 44.2 Å². The SMILES string of the molecule is O=C(C=Cc1ccccc1)N1CCN(Cc2csc(-c3ccco3)n2)CC1. The predicted molar refractivity (Wildman–Crippen MR) is 107 cm³/mol. The van der Waals surface area contributed by atoms with E-state index in [1.807, 2.05) is 53.4 Å². The van der Waals surface area contributed by atoms with E-state index in [0.717, 1.165) is 54.7 Å². The lowest BCUT2D eigenvalue weighted by molar-refractivity contribution is -0.127. The first-order valence-electron chi connectivity index (χ1n) is 9.00. The maximum atomic E-state index is 12.4. The lowest BCUT2D eigenvalue weighted by atomic mass is 10.2. The van der Waals surface area contributed by atoms with Crippen molar-refractivity contribution in [3.05, 3.63) is 71.4 Å². The molecule has 0 aliphatic carbocycles. The second-order valence-electron chi connectivity index (χ2n) is 6.47. The van der Waals surface area contributed by atoms with Crippen LogP contribution in [0.3, 0.4) is 0 Å². The number of carbonyl (C=O) groups excluding carboxylic acids is 1. The van der Waals surface area contributed by atoms with Gasteiger partial charge in [0.15, 0.2) is 10.8 Å². The average molecular weight is 379 g/mol. The van der Waals surface area contributed by atoms with Crippen LogP contribution in [0.1, 0.15) is 11.3 Å². The molecule has 1 aliphatic rings. The van der Waals surface area contributed by atoms with E-state index in [-0.39, 0.29) is 5.91 Å². The Morgan fingerprint density at radius 3 is 2.67 bits per heavy atom. The van der Waals surface area contributed by atoms with Crippen LogP contribution in [0.4, 0.5) is 0 Å². The topological polar surface area (TPSA) is 49.6 Å². The first kappa shape index (κ1) is 17.7. The van der Waals surface area contributed by atoms with E-state index in [2.05, 4.69) is 15.3 Å². The molecule has 5 nitrogen and oxygen atoms in total. The van der Waals surface area contributed by atoms with Gasteiger partial charge in [0.2, 0.25) is 5.91 Å². The van der Waals surface area contributed by atoms with Crippen LogP contribution in [0.5, 0.6) is 0 Å². The van der Waals surface area contributed by atoms with Crippen molar-refractivity contribution in [2.75, 3.05) is 26.2 Å². The Bertz CT molecular complexity index is 895. The number of amides is 1. The Morgan fingerprint density at radius 2 is 1.93 bits per heavy atom. The minimum absolute atomic E-state index is 0.0762. The van der Waals surface area contributed by atoms with Gasteiger partial charge in [0.1, 0.15) is 0 Å². The van der Waals surface area contributed by atoms with Gasteiger partial charge in [0.25, 0.3) is 0 Å². The number of hydrogen-bond acceptors (Lipinski definition) is 5. The van der Waals surface area contributed by atoms with Gasteiger partial charge in [-0.3, -0.25) is 9.69 Å². The van der Waals surface area contributed by atoms with E-state index in [4.69, 9.17) is 4.42 Å². The van der Waals surface area contributed by atoms with Crippen molar-refractivity contribution in [3.8, 4) is 10.8 Å². The first-order valence-corrected chi connectivity index (χ1v) is 9.88. The van der Waals surface area contributed by atoms with Crippen molar-refractivity contribution in [2.45, 2.75) is 6.54 Å². The molecule has 1 saturated heterocycles. The number of benzene rings is 1. The molecule has 6 heteroatoms. The smallest absolute Gasteiger partial charge is 0.246 e. The number of hydrogen-bond donors (Lipinski definition) is 0. The summed E-state index contributed by atoms with van der Waals surface area (Å²) >= 11 is 1.60. The average Bonchev–Trinajstić information content (AvgIpc) is 3.39. The normalized spacial score (nSPS) is 15.5. The zero-order valence-electron chi connectivity index (χ0n) is 15.0. The van der Waals surface area contributed by atoms with E-state index in [1.54, 1.807) is 23.7 Å². The van der Waals surface area contributed by atoms with Gasteiger partial charge in [-0.15, -0.1) is 11.3 Å². The quantitative estimate of drug-likeness (QED) is 0.634. The highest BCUT2D eigenvalue weighted by molar-refractivity contribution is 7.13. The van der Waals surface area contributed by atoms with Crippen LogP contribution < -0.4 is 0 Å². The minimum Gasteiger partial charge on any atom is -0.462 e. The monoisotopic (exact) mass is 379 g/mol.